The summed E-state index contributed by atoms with van der Waals surface area (Å²) in [7, 11) is -3.15. The number of hydrogen-bond acceptors (Lipinski definition) is 3. The van der Waals surface area contributed by atoms with Crippen LogP contribution in [0.25, 0.3) is 0 Å². The van der Waals surface area contributed by atoms with Crippen molar-refractivity contribution in [1.82, 2.24) is 5.32 Å². The molecule has 21 heavy (non-hydrogen) atoms. The van der Waals surface area contributed by atoms with Crippen LogP contribution in [0.5, 0.6) is 0 Å². The molecule has 0 atom stereocenters. The predicted octanol–water partition coefficient (Wildman–Crippen LogP) is 2.83. The van der Waals surface area contributed by atoms with E-state index in [0.717, 1.165) is 16.7 Å². The molecule has 0 aliphatic heterocycles. The third-order valence-corrected chi connectivity index (χ3v) is 4.43. The van der Waals surface area contributed by atoms with Crippen molar-refractivity contribution in [1.29, 1.82) is 0 Å². The molecular weight excluding hydrogens is 289 g/mol. The topological polar surface area (TPSA) is 46.2 Å². The molecule has 112 valence electrons. The van der Waals surface area contributed by atoms with E-state index in [1.165, 1.54) is 18.4 Å². The largest absolute Gasteiger partial charge is 0.309 e. The first kappa shape index (κ1) is 15.7. The van der Waals surface area contributed by atoms with E-state index in [1.54, 1.807) is 30.3 Å². The number of hydrogen-bond donors (Lipinski definition) is 1. The van der Waals surface area contributed by atoms with Crippen LogP contribution in [0.2, 0.25) is 0 Å². The summed E-state index contributed by atoms with van der Waals surface area (Å²) >= 11 is 0. The number of halogens is 1. The lowest BCUT2D eigenvalue weighted by molar-refractivity contribution is 0.601. The Morgan fingerprint density at radius 3 is 2.29 bits per heavy atom. The Kier molecular flexibility index (Phi) is 4.75. The first-order chi connectivity index (χ1) is 9.86. The fraction of sp³-hybridized carbons (Fsp3) is 0.250. The van der Waals surface area contributed by atoms with Gasteiger partial charge in [-0.05, 0) is 47.9 Å². The molecule has 0 spiro atoms. The van der Waals surface area contributed by atoms with Gasteiger partial charge in [0.2, 0.25) is 0 Å². The molecule has 2 aromatic rings. The highest BCUT2D eigenvalue weighted by molar-refractivity contribution is 7.90. The van der Waals surface area contributed by atoms with Gasteiger partial charge < -0.3 is 5.32 Å². The van der Waals surface area contributed by atoms with Crippen LogP contribution in [-0.4, -0.2) is 14.7 Å². The SMILES string of the molecule is Cc1cc(F)ccc1CNCc1ccc(S(C)(=O)=O)cc1. The van der Waals surface area contributed by atoms with E-state index >= 15 is 0 Å². The quantitative estimate of drug-likeness (QED) is 0.924. The lowest BCUT2D eigenvalue weighted by atomic mass is 10.1. The number of aryl methyl sites for hydroxylation is 1. The van der Waals surface area contributed by atoms with Gasteiger partial charge in [-0.25, -0.2) is 12.8 Å². The minimum Gasteiger partial charge on any atom is -0.309 e. The fourth-order valence-corrected chi connectivity index (χ4v) is 2.68. The molecule has 2 rings (SSSR count). The molecule has 0 heterocycles. The maximum absolute atomic E-state index is 13.0. The lowest BCUT2D eigenvalue weighted by Crippen LogP contribution is -2.13. The highest BCUT2D eigenvalue weighted by atomic mass is 32.2. The van der Waals surface area contributed by atoms with Crippen molar-refractivity contribution in [3.05, 3.63) is 65.0 Å². The van der Waals surface area contributed by atoms with Gasteiger partial charge in [0.05, 0.1) is 4.90 Å². The second kappa shape index (κ2) is 6.37. The van der Waals surface area contributed by atoms with Gasteiger partial charge in [-0.3, -0.25) is 0 Å². The molecule has 1 N–H and O–H groups in total. The monoisotopic (exact) mass is 307 g/mol. The molecule has 0 aliphatic carbocycles. The van der Waals surface area contributed by atoms with Crippen LogP contribution in [0, 0.1) is 12.7 Å². The summed E-state index contributed by atoms with van der Waals surface area (Å²) in [6, 6.07) is 11.5. The molecule has 0 bridgehead atoms. The first-order valence-electron chi connectivity index (χ1n) is 6.61. The van der Waals surface area contributed by atoms with Crippen molar-refractivity contribution in [2.24, 2.45) is 0 Å². The van der Waals surface area contributed by atoms with E-state index in [2.05, 4.69) is 5.32 Å². The van der Waals surface area contributed by atoms with Crippen molar-refractivity contribution >= 4 is 9.84 Å². The van der Waals surface area contributed by atoms with Crippen LogP contribution < -0.4 is 5.32 Å². The van der Waals surface area contributed by atoms with E-state index in [4.69, 9.17) is 0 Å². The van der Waals surface area contributed by atoms with Crippen molar-refractivity contribution in [2.75, 3.05) is 6.26 Å². The Bertz CT molecular complexity index is 724. The summed E-state index contributed by atoms with van der Waals surface area (Å²) in [5.41, 5.74) is 2.96. The predicted molar refractivity (Wildman–Crippen MR) is 81.2 cm³/mol. The van der Waals surface area contributed by atoms with Crippen LogP contribution in [0.4, 0.5) is 4.39 Å². The summed E-state index contributed by atoms with van der Waals surface area (Å²) in [6.07, 6.45) is 1.19. The first-order valence-corrected chi connectivity index (χ1v) is 8.50. The van der Waals surface area contributed by atoms with E-state index in [1.807, 2.05) is 6.92 Å². The second-order valence-electron chi connectivity index (χ2n) is 5.09. The van der Waals surface area contributed by atoms with Crippen LogP contribution >= 0.6 is 0 Å². The molecule has 0 aromatic heterocycles. The zero-order valence-corrected chi connectivity index (χ0v) is 12.9. The van der Waals surface area contributed by atoms with Crippen LogP contribution in [0.15, 0.2) is 47.4 Å². The van der Waals surface area contributed by atoms with Gasteiger partial charge >= 0.3 is 0 Å². The van der Waals surface area contributed by atoms with Gasteiger partial charge in [0.25, 0.3) is 0 Å². The maximum Gasteiger partial charge on any atom is 0.175 e. The van der Waals surface area contributed by atoms with Crippen molar-refractivity contribution < 1.29 is 12.8 Å². The molecule has 3 nitrogen and oxygen atoms in total. The number of benzene rings is 2. The summed E-state index contributed by atoms with van der Waals surface area (Å²) < 4.78 is 35.7. The third-order valence-electron chi connectivity index (χ3n) is 3.30. The Morgan fingerprint density at radius 1 is 1.05 bits per heavy atom. The van der Waals surface area contributed by atoms with Gasteiger partial charge in [-0.2, -0.15) is 0 Å². The number of nitrogens with one attached hydrogen (secondary N) is 1. The van der Waals surface area contributed by atoms with E-state index in [9.17, 15) is 12.8 Å². The van der Waals surface area contributed by atoms with Gasteiger partial charge in [-0.1, -0.05) is 18.2 Å². The number of sulfone groups is 1. The van der Waals surface area contributed by atoms with Gasteiger partial charge in [-0.15, -0.1) is 0 Å². The smallest absolute Gasteiger partial charge is 0.175 e. The highest BCUT2D eigenvalue weighted by Crippen LogP contribution is 2.12. The molecule has 0 fully saturated rings. The standard InChI is InChI=1S/C16H18FNO2S/c1-12-9-15(17)6-5-14(12)11-18-10-13-3-7-16(8-4-13)21(2,19)20/h3-9,18H,10-11H2,1-2H3. The maximum atomic E-state index is 13.0. The molecule has 0 saturated carbocycles. The second-order valence-corrected chi connectivity index (χ2v) is 7.11. The molecule has 0 saturated heterocycles. The Hall–Kier alpha value is -1.72. The van der Waals surface area contributed by atoms with E-state index in [-0.39, 0.29) is 5.82 Å². The van der Waals surface area contributed by atoms with E-state index < -0.39 is 9.84 Å². The third kappa shape index (κ3) is 4.37. The molecule has 2 aromatic carbocycles. The lowest BCUT2D eigenvalue weighted by Gasteiger charge is -2.08. The van der Waals surface area contributed by atoms with Gasteiger partial charge in [0.15, 0.2) is 9.84 Å². The number of rotatable bonds is 5. The zero-order valence-electron chi connectivity index (χ0n) is 12.1. The minimum atomic E-state index is -3.15. The normalized spacial score (nSPS) is 11.6. The zero-order chi connectivity index (χ0) is 15.5. The van der Waals surface area contributed by atoms with Crippen molar-refractivity contribution in [2.45, 2.75) is 24.9 Å². The molecular formula is C16H18FNO2S. The Labute approximate surface area is 124 Å². The van der Waals surface area contributed by atoms with Crippen molar-refractivity contribution in [3.63, 3.8) is 0 Å². The average Bonchev–Trinajstić information content (AvgIpc) is 2.41. The minimum absolute atomic E-state index is 0.229. The summed E-state index contributed by atoms with van der Waals surface area (Å²) in [5.74, 6) is -0.229. The fourth-order valence-electron chi connectivity index (χ4n) is 2.05. The summed E-state index contributed by atoms with van der Waals surface area (Å²) in [5, 5.41) is 3.26. The molecule has 0 radical (unpaired) electrons. The highest BCUT2D eigenvalue weighted by Gasteiger charge is 2.06. The van der Waals surface area contributed by atoms with Crippen LogP contribution in [0.3, 0.4) is 0 Å². The Balaban J connectivity index is 1.94. The van der Waals surface area contributed by atoms with Crippen LogP contribution in [-0.2, 0) is 22.9 Å². The van der Waals surface area contributed by atoms with Gasteiger partial charge in [0.1, 0.15) is 5.82 Å². The molecule has 0 unspecified atom stereocenters. The molecule has 5 heteroatoms. The van der Waals surface area contributed by atoms with Crippen LogP contribution in [0.1, 0.15) is 16.7 Å². The van der Waals surface area contributed by atoms with Crippen molar-refractivity contribution in [3.8, 4) is 0 Å². The molecule has 0 amide bonds. The van der Waals surface area contributed by atoms with E-state index in [0.29, 0.717) is 18.0 Å². The summed E-state index contributed by atoms with van der Waals surface area (Å²) in [4.78, 5) is 0.320. The summed E-state index contributed by atoms with van der Waals surface area (Å²) in [6.45, 7) is 3.14. The van der Waals surface area contributed by atoms with Gasteiger partial charge in [0, 0.05) is 19.3 Å². The Morgan fingerprint density at radius 2 is 1.71 bits per heavy atom. The average molecular weight is 307 g/mol. The molecule has 0 aliphatic rings.